The molecule has 31 heavy (non-hydrogen) atoms. The number of aromatic nitrogens is 2. The zero-order chi connectivity index (χ0) is 23.4. The number of nitrogens with zero attached hydrogens (tertiary/aromatic N) is 1. The van der Waals surface area contributed by atoms with Crippen molar-refractivity contribution < 1.29 is 37.1 Å². The summed E-state index contributed by atoms with van der Waals surface area (Å²) in [7, 11) is 0. The van der Waals surface area contributed by atoms with Gasteiger partial charge in [0, 0.05) is 17.4 Å². The molecule has 0 fully saturated rings. The summed E-state index contributed by atoms with van der Waals surface area (Å²) in [6.45, 7) is 0. The number of aromatic amines is 1. The van der Waals surface area contributed by atoms with Crippen LogP contribution < -0.4 is 16.4 Å². The van der Waals surface area contributed by atoms with Crippen LogP contribution in [-0.4, -0.2) is 50.8 Å². The molecule has 1 aromatic carbocycles. The lowest BCUT2D eigenvalue weighted by molar-refractivity contribution is -0.208. The van der Waals surface area contributed by atoms with Gasteiger partial charge in [-0.25, -0.2) is 0 Å². The van der Waals surface area contributed by atoms with Crippen LogP contribution in [0.1, 0.15) is 23.7 Å². The van der Waals surface area contributed by atoms with Gasteiger partial charge in [-0.3, -0.25) is 24.9 Å². The Kier molecular flexibility index (Phi) is 6.62. The van der Waals surface area contributed by atoms with E-state index in [9.17, 15) is 31.9 Å². The van der Waals surface area contributed by atoms with Crippen LogP contribution >= 0.6 is 0 Å². The molecule has 0 saturated heterocycles. The van der Waals surface area contributed by atoms with Crippen LogP contribution in [0.3, 0.4) is 0 Å². The van der Waals surface area contributed by atoms with Gasteiger partial charge in [0.25, 0.3) is 5.91 Å². The predicted octanol–water partition coefficient (Wildman–Crippen LogP) is 1.24. The molecule has 0 aliphatic heterocycles. The van der Waals surface area contributed by atoms with Crippen molar-refractivity contribution in [2.45, 2.75) is 24.3 Å². The van der Waals surface area contributed by atoms with Crippen LogP contribution in [-0.2, 0) is 14.4 Å². The summed E-state index contributed by atoms with van der Waals surface area (Å²) in [6, 6.07) is 3.98. The zero-order valence-corrected chi connectivity index (χ0v) is 15.5. The van der Waals surface area contributed by atoms with Gasteiger partial charge in [-0.15, -0.1) is 0 Å². The molecular weight excluding hydrogens is 428 g/mol. The molecule has 0 bridgehead atoms. The Morgan fingerprint density at radius 2 is 1.68 bits per heavy atom. The molecule has 0 aliphatic carbocycles. The van der Waals surface area contributed by atoms with Crippen molar-refractivity contribution in [1.29, 1.82) is 5.41 Å². The molecule has 1 unspecified atom stereocenters. The van der Waals surface area contributed by atoms with E-state index in [4.69, 9.17) is 16.2 Å². The average molecular weight is 444 g/mol. The van der Waals surface area contributed by atoms with Gasteiger partial charge in [0.1, 0.15) is 5.84 Å². The number of nitrogens with two attached hydrogens (primary N) is 1. The molecule has 0 radical (unpaired) electrons. The Bertz CT molecular complexity index is 979. The van der Waals surface area contributed by atoms with E-state index in [-0.39, 0.29) is 22.8 Å². The molecule has 2 aromatic rings. The van der Waals surface area contributed by atoms with E-state index in [2.05, 4.69) is 10.2 Å². The normalized spacial score (nSPS) is 12.6. The number of amides is 2. The highest BCUT2D eigenvalue weighted by Crippen LogP contribution is 2.36. The topological polar surface area (TPSA) is 174 Å². The predicted molar refractivity (Wildman–Crippen MR) is 97.7 cm³/mol. The number of aliphatic carboxylic acids is 1. The number of rotatable bonds is 9. The smallest absolute Gasteiger partial charge is 0.395 e. The molecule has 0 spiro atoms. The summed E-state index contributed by atoms with van der Waals surface area (Å²) < 4.78 is 56.8. The van der Waals surface area contributed by atoms with Gasteiger partial charge in [0.05, 0.1) is 18.2 Å². The Labute approximate surface area is 171 Å². The molecule has 7 N–H and O–H groups in total. The first-order valence-electron chi connectivity index (χ1n) is 8.39. The SMILES string of the molecule is N=C(N)c1ccc(NC(=O)C(F)(F)C(F)(F)C(=O)NC(CC(=O)O)c2ccn[nH]2)cc1. The monoisotopic (exact) mass is 444 g/mol. The van der Waals surface area contributed by atoms with Gasteiger partial charge < -0.3 is 21.5 Å². The number of benzene rings is 1. The summed E-state index contributed by atoms with van der Waals surface area (Å²) >= 11 is 0. The first-order valence-corrected chi connectivity index (χ1v) is 8.39. The first kappa shape index (κ1) is 23.3. The van der Waals surface area contributed by atoms with Crippen LogP contribution in [0.25, 0.3) is 0 Å². The zero-order valence-electron chi connectivity index (χ0n) is 15.5. The number of anilines is 1. The second-order valence-electron chi connectivity index (χ2n) is 6.23. The molecule has 10 nitrogen and oxygen atoms in total. The number of carboxylic acids is 1. The van der Waals surface area contributed by atoms with E-state index in [1.807, 2.05) is 0 Å². The lowest BCUT2D eigenvalue weighted by Gasteiger charge is -2.26. The van der Waals surface area contributed by atoms with Crippen molar-refractivity contribution in [2.75, 3.05) is 5.32 Å². The van der Waals surface area contributed by atoms with E-state index in [1.54, 1.807) is 5.32 Å². The molecule has 166 valence electrons. The number of halogens is 4. The van der Waals surface area contributed by atoms with Crippen LogP contribution in [0.5, 0.6) is 0 Å². The fourth-order valence-corrected chi connectivity index (χ4v) is 2.35. The maximum absolute atomic E-state index is 14.2. The van der Waals surface area contributed by atoms with Crippen molar-refractivity contribution in [2.24, 2.45) is 5.73 Å². The Balaban J connectivity index is 2.18. The number of H-pyrrole nitrogens is 1. The van der Waals surface area contributed by atoms with Crippen LogP contribution in [0.4, 0.5) is 23.2 Å². The van der Waals surface area contributed by atoms with Crippen molar-refractivity contribution >= 4 is 29.3 Å². The van der Waals surface area contributed by atoms with E-state index >= 15 is 0 Å². The molecule has 2 rings (SSSR count). The third kappa shape index (κ3) is 5.15. The van der Waals surface area contributed by atoms with Crippen LogP contribution in [0.2, 0.25) is 0 Å². The highest BCUT2D eigenvalue weighted by Gasteiger charge is 2.67. The number of hydrogen-bond acceptors (Lipinski definition) is 5. The minimum Gasteiger partial charge on any atom is -0.481 e. The number of carbonyl (C=O) groups excluding carboxylic acids is 2. The van der Waals surface area contributed by atoms with Gasteiger partial charge in [-0.05, 0) is 30.3 Å². The van der Waals surface area contributed by atoms with Crippen molar-refractivity contribution in [1.82, 2.24) is 15.5 Å². The Morgan fingerprint density at radius 3 is 2.16 bits per heavy atom. The fourth-order valence-electron chi connectivity index (χ4n) is 2.35. The minimum atomic E-state index is -5.52. The lowest BCUT2D eigenvalue weighted by Crippen LogP contribution is -2.58. The first-order chi connectivity index (χ1) is 14.4. The molecule has 14 heteroatoms. The number of alkyl halides is 4. The average Bonchev–Trinajstić information content (AvgIpc) is 3.22. The Hall–Kier alpha value is -3.97. The third-order valence-electron chi connectivity index (χ3n) is 4.00. The molecule has 0 saturated carbocycles. The fraction of sp³-hybridized carbons (Fsp3) is 0.235. The second-order valence-corrected chi connectivity index (χ2v) is 6.23. The molecule has 1 aromatic heterocycles. The minimum absolute atomic E-state index is 0.120. The van der Waals surface area contributed by atoms with Gasteiger partial charge in [0.2, 0.25) is 0 Å². The summed E-state index contributed by atoms with van der Waals surface area (Å²) in [4.78, 5) is 34.6. The van der Waals surface area contributed by atoms with Gasteiger partial charge in [-0.2, -0.15) is 22.7 Å². The number of hydrogen-bond donors (Lipinski definition) is 6. The summed E-state index contributed by atoms with van der Waals surface area (Å²) in [5, 5.41) is 24.8. The molecular formula is C17H16F4N6O4. The number of nitrogen functional groups attached to an aromatic ring is 1. The maximum atomic E-state index is 14.2. The van der Waals surface area contributed by atoms with Gasteiger partial charge in [-0.1, -0.05) is 0 Å². The number of carboxylic acid groups (broad SMARTS) is 1. The highest BCUT2D eigenvalue weighted by atomic mass is 19.3. The number of carbonyl (C=O) groups is 3. The summed E-state index contributed by atoms with van der Waals surface area (Å²) in [5.74, 6) is -17.9. The van der Waals surface area contributed by atoms with E-state index in [1.165, 1.54) is 17.4 Å². The lowest BCUT2D eigenvalue weighted by atomic mass is 10.1. The quantitative estimate of drug-likeness (QED) is 0.193. The van der Waals surface area contributed by atoms with E-state index in [0.717, 1.165) is 24.4 Å². The Morgan fingerprint density at radius 1 is 1.10 bits per heavy atom. The van der Waals surface area contributed by atoms with Crippen molar-refractivity contribution in [3.8, 4) is 0 Å². The third-order valence-corrected chi connectivity index (χ3v) is 4.00. The molecule has 0 aliphatic rings. The second kappa shape index (κ2) is 8.81. The van der Waals surface area contributed by atoms with Crippen molar-refractivity contribution in [3.63, 3.8) is 0 Å². The summed E-state index contributed by atoms with van der Waals surface area (Å²) in [6.07, 6.45) is 0.220. The van der Waals surface area contributed by atoms with Crippen molar-refractivity contribution in [3.05, 3.63) is 47.8 Å². The van der Waals surface area contributed by atoms with Crippen LogP contribution in [0, 0.1) is 5.41 Å². The van der Waals surface area contributed by atoms with Gasteiger partial charge >= 0.3 is 23.7 Å². The van der Waals surface area contributed by atoms with E-state index in [0.29, 0.717) is 0 Å². The van der Waals surface area contributed by atoms with E-state index < -0.39 is 42.1 Å². The number of amidine groups is 1. The standard InChI is InChI=1S/C17H16F4N6O4/c18-16(19,14(30)25-9-3-1-8(2-4-9)13(22)23)17(20,21)15(31)26-11(7-12(28)29)10-5-6-24-27-10/h1-6,11H,7H2,(H3,22,23)(H,24,27)(H,25,30)(H,26,31)(H,28,29). The number of nitrogens with one attached hydrogen (secondary N) is 4. The molecule has 1 heterocycles. The largest absolute Gasteiger partial charge is 0.481 e. The summed E-state index contributed by atoms with van der Waals surface area (Å²) in [5.41, 5.74) is 4.98. The highest BCUT2D eigenvalue weighted by molar-refractivity contribution is 6.02. The molecule has 2 amide bonds. The van der Waals surface area contributed by atoms with Crippen LogP contribution in [0.15, 0.2) is 36.5 Å². The maximum Gasteiger partial charge on any atom is 0.395 e. The molecule has 1 atom stereocenters. The van der Waals surface area contributed by atoms with Gasteiger partial charge in [0.15, 0.2) is 0 Å².